The normalized spacial score (nSPS) is 11.1. The van der Waals surface area contributed by atoms with Crippen LogP contribution in [0.15, 0.2) is 47.6 Å². The van der Waals surface area contributed by atoms with Crippen molar-refractivity contribution in [3.8, 4) is 11.5 Å². The Bertz CT molecular complexity index is 729. The summed E-state index contributed by atoms with van der Waals surface area (Å²) in [7, 11) is 1.38. The van der Waals surface area contributed by atoms with E-state index in [1.54, 1.807) is 25.1 Å². The number of carbonyl (C=O) groups excluding carboxylic acids is 1. The highest BCUT2D eigenvalue weighted by molar-refractivity contribution is 6.01. The lowest BCUT2D eigenvalue weighted by atomic mass is 10.1. The van der Waals surface area contributed by atoms with Crippen molar-refractivity contribution < 1.29 is 19.0 Å². The zero-order valence-electron chi connectivity index (χ0n) is 12.1. The summed E-state index contributed by atoms with van der Waals surface area (Å²) in [6, 6.07) is 10.5. The van der Waals surface area contributed by atoms with Gasteiger partial charge in [-0.1, -0.05) is 12.1 Å². The molecule has 6 heteroatoms. The molecule has 5 nitrogen and oxygen atoms in total. The molecule has 0 bridgehead atoms. The lowest BCUT2D eigenvalue weighted by molar-refractivity contribution is 0.0952. The van der Waals surface area contributed by atoms with Crippen LogP contribution in [0.25, 0.3) is 0 Å². The lowest BCUT2D eigenvalue weighted by Crippen LogP contribution is -2.19. The zero-order chi connectivity index (χ0) is 16.1. The van der Waals surface area contributed by atoms with Crippen molar-refractivity contribution in [2.45, 2.75) is 6.92 Å². The van der Waals surface area contributed by atoms with Crippen LogP contribution in [-0.2, 0) is 0 Å². The fraction of sp³-hybridized carbons (Fsp3) is 0.125. The molecule has 0 heterocycles. The molecular weight excluding hydrogens is 287 g/mol. The SMILES string of the molecule is COc1ccc(/C(C)=N\NC(=O)c2ccccc2O)cc1F. The first-order valence-corrected chi connectivity index (χ1v) is 6.49. The van der Waals surface area contributed by atoms with Crippen molar-refractivity contribution in [1.29, 1.82) is 0 Å². The molecule has 2 aromatic rings. The highest BCUT2D eigenvalue weighted by atomic mass is 19.1. The average Bonchev–Trinajstić information content (AvgIpc) is 2.52. The molecule has 0 aliphatic carbocycles. The molecule has 0 spiro atoms. The number of rotatable bonds is 4. The van der Waals surface area contributed by atoms with Gasteiger partial charge in [0.2, 0.25) is 0 Å². The third-order valence-corrected chi connectivity index (χ3v) is 3.04. The van der Waals surface area contributed by atoms with Gasteiger partial charge in [0.1, 0.15) is 5.75 Å². The first kappa shape index (κ1) is 15.5. The molecule has 1 amide bonds. The fourth-order valence-corrected chi connectivity index (χ4v) is 1.82. The number of benzene rings is 2. The summed E-state index contributed by atoms with van der Waals surface area (Å²) in [4.78, 5) is 11.9. The number of hydrogen-bond acceptors (Lipinski definition) is 4. The predicted molar refractivity (Wildman–Crippen MR) is 80.7 cm³/mol. The first-order chi connectivity index (χ1) is 10.5. The van der Waals surface area contributed by atoms with Crippen LogP contribution in [-0.4, -0.2) is 23.8 Å². The molecule has 22 heavy (non-hydrogen) atoms. The van der Waals surface area contributed by atoms with Crippen LogP contribution in [0.1, 0.15) is 22.8 Å². The van der Waals surface area contributed by atoms with E-state index in [1.807, 2.05) is 0 Å². The highest BCUT2D eigenvalue weighted by Gasteiger charge is 2.10. The monoisotopic (exact) mass is 302 g/mol. The Morgan fingerprint density at radius 2 is 2.00 bits per heavy atom. The molecule has 0 aromatic heterocycles. The summed E-state index contributed by atoms with van der Waals surface area (Å²) in [5, 5.41) is 13.5. The number of hydrogen-bond donors (Lipinski definition) is 2. The van der Waals surface area contributed by atoms with E-state index in [-0.39, 0.29) is 17.1 Å². The van der Waals surface area contributed by atoms with Crippen LogP contribution in [0.3, 0.4) is 0 Å². The minimum Gasteiger partial charge on any atom is -0.507 e. The van der Waals surface area contributed by atoms with E-state index in [0.29, 0.717) is 11.3 Å². The van der Waals surface area contributed by atoms with E-state index >= 15 is 0 Å². The van der Waals surface area contributed by atoms with Crippen molar-refractivity contribution in [3.05, 3.63) is 59.4 Å². The second-order valence-corrected chi connectivity index (χ2v) is 4.50. The van der Waals surface area contributed by atoms with Gasteiger partial charge in [-0.2, -0.15) is 5.10 Å². The molecular formula is C16H15FN2O3. The predicted octanol–water partition coefficient (Wildman–Crippen LogP) is 2.69. The van der Waals surface area contributed by atoms with Gasteiger partial charge in [0.05, 0.1) is 18.4 Å². The quantitative estimate of drug-likeness (QED) is 0.674. The van der Waals surface area contributed by atoms with Crippen LogP contribution in [0.2, 0.25) is 0 Å². The number of phenols is 1. The van der Waals surface area contributed by atoms with Gasteiger partial charge in [-0.3, -0.25) is 4.79 Å². The zero-order valence-corrected chi connectivity index (χ0v) is 12.1. The number of nitrogens with one attached hydrogen (secondary N) is 1. The molecule has 0 aliphatic heterocycles. The number of carbonyl (C=O) groups is 1. The van der Waals surface area contributed by atoms with E-state index < -0.39 is 11.7 Å². The third-order valence-electron chi connectivity index (χ3n) is 3.04. The third kappa shape index (κ3) is 3.41. The number of methoxy groups -OCH3 is 1. The number of para-hydroxylation sites is 1. The maximum absolute atomic E-state index is 13.6. The number of hydrazone groups is 1. The maximum atomic E-state index is 13.6. The molecule has 0 saturated heterocycles. The van der Waals surface area contributed by atoms with Crippen molar-refractivity contribution >= 4 is 11.6 Å². The fourth-order valence-electron chi connectivity index (χ4n) is 1.82. The number of ether oxygens (including phenoxy) is 1. The molecule has 0 atom stereocenters. The second-order valence-electron chi connectivity index (χ2n) is 4.50. The Morgan fingerprint density at radius 3 is 2.64 bits per heavy atom. The molecule has 2 rings (SSSR count). The highest BCUT2D eigenvalue weighted by Crippen LogP contribution is 2.18. The number of nitrogens with zero attached hydrogens (tertiary/aromatic N) is 1. The smallest absolute Gasteiger partial charge is 0.275 e. The van der Waals surface area contributed by atoms with Crippen LogP contribution in [0.4, 0.5) is 4.39 Å². The van der Waals surface area contributed by atoms with Gasteiger partial charge in [-0.15, -0.1) is 0 Å². The van der Waals surface area contributed by atoms with Gasteiger partial charge in [-0.05, 0) is 37.3 Å². The molecule has 0 aliphatic rings. The van der Waals surface area contributed by atoms with E-state index in [2.05, 4.69) is 10.5 Å². The van der Waals surface area contributed by atoms with E-state index in [0.717, 1.165) is 0 Å². The van der Waals surface area contributed by atoms with Crippen molar-refractivity contribution in [3.63, 3.8) is 0 Å². The second kappa shape index (κ2) is 6.71. The van der Waals surface area contributed by atoms with Gasteiger partial charge in [0.15, 0.2) is 11.6 Å². The van der Waals surface area contributed by atoms with Gasteiger partial charge in [0.25, 0.3) is 5.91 Å². The summed E-state index contributed by atoms with van der Waals surface area (Å²) < 4.78 is 18.5. The summed E-state index contributed by atoms with van der Waals surface area (Å²) in [5.74, 6) is -1.06. The largest absolute Gasteiger partial charge is 0.507 e. The number of phenolic OH excluding ortho intramolecular Hbond substituents is 1. The van der Waals surface area contributed by atoms with Gasteiger partial charge in [-0.25, -0.2) is 9.82 Å². The van der Waals surface area contributed by atoms with Crippen LogP contribution in [0.5, 0.6) is 11.5 Å². The molecule has 0 radical (unpaired) electrons. The Morgan fingerprint density at radius 1 is 1.27 bits per heavy atom. The van der Waals surface area contributed by atoms with Gasteiger partial charge in [0, 0.05) is 5.56 Å². The van der Waals surface area contributed by atoms with Crippen molar-refractivity contribution in [2.24, 2.45) is 5.10 Å². The van der Waals surface area contributed by atoms with Crippen molar-refractivity contribution in [2.75, 3.05) is 7.11 Å². The summed E-state index contributed by atoms with van der Waals surface area (Å²) in [6.45, 7) is 1.63. The average molecular weight is 302 g/mol. The molecule has 0 fully saturated rings. The molecule has 0 unspecified atom stereocenters. The van der Waals surface area contributed by atoms with Crippen LogP contribution >= 0.6 is 0 Å². The lowest BCUT2D eigenvalue weighted by Gasteiger charge is -2.06. The van der Waals surface area contributed by atoms with Crippen LogP contribution < -0.4 is 10.2 Å². The number of halogens is 1. The Kier molecular flexibility index (Phi) is 4.73. The molecule has 2 aromatic carbocycles. The van der Waals surface area contributed by atoms with E-state index in [1.165, 1.54) is 31.4 Å². The van der Waals surface area contributed by atoms with Gasteiger partial charge >= 0.3 is 0 Å². The molecule has 2 N–H and O–H groups in total. The summed E-state index contributed by atoms with van der Waals surface area (Å²) in [6.07, 6.45) is 0. The number of aromatic hydroxyl groups is 1. The summed E-state index contributed by atoms with van der Waals surface area (Å²) in [5.41, 5.74) is 3.36. The van der Waals surface area contributed by atoms with Crippen LogP contribution in [0, 0.1) is 5.82 Å². The van der Waals surface area contributed by atoms with Gasteiger partial charge < -0.3 is 9.84 Å². The Balaban J connectivity index is 2.14. The first-order valence-electron chi connectivity index (χ1n) is 6.49. The topological polar surface area (TPSA) is 70.9 Å². The maximum Gasteiger partial charge on any atom is 0.275 e. The minimum atomic E-state index is -0.550. The number of amides is 1. The molecule has 0 saturated carbocycles. The standard InChI is InChI=1S/C16H15FN2O3/c1-10(11-7-8-15(22-2)13(17)9-11)18-19-16(21)12-5-3-4-6-14(12)20/h3-9,20H,1-2H3,(H,19,21)/b18-10-. The molecule has 114 valence electrons. The van der Waals surface area contributed by atoms with Crippen molar-refractivity contribution in [1.82, 2.24) is 5.43 Å². The Hall–Kier alpha value is -2.89. The van der Waals surface area contributed by atoms with E-state index in [9.17, 15) is 14.3 Å². The summed E-state index contributed by atoms with van der Waals surface area (Å²) >= 11 is 0. The minimum absolute atomic E-state index is 0.111. The van der Waals surface area contributed by atoms with E-state index in [4.69, 9.17) is 4.74 Å². The Labute approximate surface area is 127 Å².